The summed E-state index contributed by atoms with van der Waals surface area (Å²) in [4.78, 5) is 28.4. The average molecular weight is 283 g/mol. The minimum atomic E-state index is -0.612. The second kappa shape index (κ2) is 5.88. The lowest BCUT2D eigenvalue weighted by atomic mass is 10.1. The topological polar surface area (TPSA) is 153 Å². The van der Waals surface area contributed by atoms with E-state index in [-0.39, 0.29) is 36.0 Å². The van der Waals surface area contributed by atoms with Gasteiger partial charge in [-0.05, 0) is 12.8 Å². The molecule has 0 saturated heterocycles. The van der Waals surface area contributed by atoms with Crippen molar-refractivity contribution >= 4 is 23.9 Å². The number of nitrogens with zero attached hydrogens (tertiary/aromatic N) is 1. The summed E-state index contributed by atoms with van der Waals surface area (Å²) in [6.07, 6.45) is 0.708. The zero-order valence-corrected chi connectivity index (χ0v) is 10.7. The van der Waals surface area contributed by atoms with E-state index >= 15 is 0 Å². The van der Waals surface area contributed by atoms with Crippen LogP contribution in [0, 0.1) is 5.92 Å². The number of carbonyl (C=O) groups is 1. The molecule has 3 atom stereocenters. The first-order valence-corrected chi connectivity index (χ1v) is 6.20. The molecule has 0 bridgehead atoms. The van der Waals surface area contributed by atoms with Crippen LogP contribution < -0.4 is 21.9 Å². The van der Waals surface area contributed by atoms with Gasteiger partial charge in [0.05, 0.1) is 6.10 Å². The second-order valence-electron chi connectivity index (χ2n) is 4.76. The molecule has 0 spiro atoms. The van der Waals surface area contributed by atoms with E-state index < -0.39 is 11.7 Å². The van der Waals surface area contributed by atoms with Gasteiger partial charge in [0, 0.05) is 18.6 Å². The highest BCUT2D eigenvalue weighted by molar-refractivity contribution is 5.78. The van der Waals surface area contributed by atoms with Crippen LogP contribution in [0.1, 0.15) is 12.8 Å². The van der Waals surface area contributed by atoms with Gasteiger partial charge in [-0.2, -0.15) is 4.98 Å². The highest BCUT2D eigenvalue weighted by Crippen LogP contribution is 2.29. The number of hydrogen-bond acceptors (Lipinski definition) is 7. The molecule has 1 aromatic heterocycles. The lowest BCUT2D eigenvalue weighted by Crippen LogP contribution is -2.24. The van der Waals surface area contributed by atoms with Crippen LogP contribution in [-0.2, 0) is 4.79 Å². The molecule has 110 valence electrons. The Kier molecular flexibility index (Phi) is 4.20. The minimum Gasteiger partial charge on any atom is -0.396 e. The number of anilines is 3. The Labute approximate surface area is 114 Å². The van der Waals surface area contributed by atoms with Crippen molar-refractivity contribution in [1.29, 1.82) is 0 Å². The second-order valence-corrected chi connectivity index (χ2v) is 4.76. The molecule has 9 heteroatoms. The maximum Gasteiger partial charge on any atom is 0.278 e. The van der Waals surface area contributed by atoms with Gasteiger partial charge in [-0.3, -0.25) is 14.6 Å². The van der Waals surface area contributed by atoms with E-state index in [9.17, 15) is 14.7 Å². The highest BCUT2D eigenvalue weighted by atomic mass is 16.3. The normalized spacial score (nSPS) is 25.4. The van der Waals surface area contributed by atoms with Crippen LogP contribution in [0.3, 0.4) is 0 Å². The third kappa shape index (κ3) is 2.89. The van der Waals surface area contributed by atoms with Crippen LogP contribution in [0.25, 0.3) is 0 Å². The fraction of sp³-hybridized carbons (Fsp3) is 0.545. The molecule has 1 aliphatic carbocycles. The first-order chi connectivity index (χ1) is 9.55. The van der Waals surface area contributed by atoms with Gasteiger partial charge in [0.1, 0.15) is 5.69 Å². The van der Waals surface area contributed by atoms with E-state index in [2.05, 4.69) is 20.6 Å². The number of amides is 1. The Morgan fingerprint density at radius 2 is 2.25 bits per heavy atom. The summed E-state index contributed by atoms with van der Waals surface area (Å²) >= 11 is 0. The minimum absolute atomic E-state index is 0.0314. The zero-order valence-electron chi connectivity index (χ0n) is 10.7. The van der Waals surface area contributed by atoms with E-state index in [1.165, 1.54) is 0 Å². The smallest absolute Gasteiger partial charge is 0.278 e. The molecule has 7 N–H and O–H groups in total. The molecular formula is C11H17N5O4. The molecule has 0 aromatic carbocycles. The largest absolute Gasteiger partial charge is 0.396 e. The quantitative estimate of drug-likeness (QED) is 0.358. The number of hydrogen-bond donors (Lipinski definition) is 6. The van der Waals surface area contributed by atoms with Gasteiger partial charge in [0.2, 0.25) is 12.4 Å². The zero-order chi connectivity index (χ0) is 14.7. The Hall–Kier alpha value is -2.13. The molecule has 1 aromatic rings. The molecule has 1 amide bonds. The van der Waals surface area contributed by atoms with Crippen molar-refractivity contribution in [2.75, 3.05) is 23.0 Å². The number of nitrogens with one attached hydrogen (secondary N) is 3. The van der Waals surface area contributed by atoms with Gasteiger partial charge >= 0.3 is 0 Å². The van der Waals surface area contributed by atoms with Crippen LogP contribution >= 0.6 is 0 Å². The van der Waals surface area contributed by atoms with Crippen molar-refractivity contribution in [3.8, 4) is 0 Å². The van der Waals surface area contributed by atoms with Crippen molar-refractivity contribution in [2.24, 2.45) is 5.92 Å². The highest BCUT2D eigenvalue weighted by Gasteiger charge is 2.33. The maximum atomic E-state index is 11.7. The van der Waals surface area contributed by atoms with Gasteiger partial charge in [-0.25, -0.2) is 0 Å². The first-order valence-electron chi connectivity index (χ1n) is 6.20. The first kappa shape index (κ1) is 14.3. The third-order valence-electron chi connectivity index (χ3n) is 3.37. The molecule has 1 heterocycles. The fourth-order valence-corrected chi connectivity index (χ4v) is 2.40. The van der Waals surface area contributed by atoms with Crippen LogP contribution in [0.5, 0.6) is 0 Å². The summed E-state index contributed by atoms with van der Waals surface area (Å²) in [6.45, 7) is -0.107. The molecule has 9 nitrogen and oxygen atoms in total. The van der Waals surface area contributed by atoms with Gasteiger partial charge in [-0.1, -0.05) is 0 Å². The molecular weight excluding hydrogens is 266 g/mol. The average Bonchev–Trinajstić information content (AvgIpc) is 2.73. The van der Waals surface area contributed by atoms with E-state index in [0.717, 1.165) is 0 Å². The standard InChI is InChI=1S/C11H17N5O4/c12-11-15-9(8(13-4-18)10(20)16-11)14-6-1-5(3-17)7(19)2-6/h4-7,17,19H,1-3H2,(H,13,18)(H4,12,14,15,16,20)/t5-,6-,7+/m1/s1. The number of aliphatic hydroxyl groups excluding tert-OH is 2. The molecule has 20 heavy (non-hydrogen) atoms. The number of nitrogen functional groups attached to an aromatic ring is 1. The summed E-state index contributed by atoms with van der Waals surface area (Å²) in [5, 5.41) is 24.1. The number of nitrogens with two attached hydrogens (primary N) is 1. The summed E-state index contributed by atoms with van der Waals surface area (Å²) in [7, 11) is 0. The number of carbonyl (C=O) groups excluding carboxylic acids is 1. The number of H-pyrrole nitrogens is 1. The number of rotatable bonds is 5. The molecule has 0 radical (unpaired) electrons. The van der Waals surface area contributed by atoms with E-state index in [1.54, 1.807) is 0 Å². The van der Waals surface area contributed by atoms with Crippen molar-refractivity contribution in [3.63, 3.8) is 0 Å². The Bertz CT molecular complexity index is 546. The van der Waals surface area contributed by atoms with Crippen LogP contribution in [-0.4, -0.2) is 45.3 Å². The summed E-state index contributed by atoms with van der Waals surface area (Å²) in [5.41, 5.74) is 4.87. The Morgan fingerprint density at radius 3 is 2.85 bits per heavy atom. The van der Waals surface area contributed by atoms with Crippen LogP contribution in [0.15, 0.2) is 4.79 Å². The molecule has 2 rings (SSSR count). The predicted molar refractivity (Wildman–Crippen MR) is 72.2 cm³/mol. The number of aromatic nitrogens is 2. The molecule has 1 aliphatic rings. The van der Waals surface area contributed by atoms with Gasteiger partial charge in [0.25, 0.3) is 5.56 Å². The van der Waals surface area contributed by atoms with E-state index in [0.29, 0.717) is 19.3 Å². The molecule has 1 saturated carbocycles. The molecule has 1 fully saturated rings. The van der Waals surface area contributed by atoms with Crippen LogP contribution in [0.2, 0.25) is 0 Å². The van der Waals surface area contributed by atoms with Gasteiger partial charge < -0.3 is 26.6 Å². The van der Waals surface area contributed by atoms with Gasteiger partial charge in [0.15, 0.2) is 5.82 Å². The summed E-state index contributed by atoms with van der Waals surface area (Å²) in [5.74, 6) is -0.144. The number of aromatic amines is 1. The van der Waals surface area contributed by atoms with Crippen molar-refractivity contribution in [2.45, 2.75) is 25.0 Å². The van der Waals surface area contributed by atoms with Crippen LogP contribution in [0.4, 0.5) is 17.5 Å². The third-order valence-corrected chi connectivity index (χ3v) is 3.37. The lowest BCUT2D eigenvalue weighted by molar-refractivity contribution is -0.105. The number of aliphatic hydroxyl groups is 2. The van der Waals surface area contributed by atoms with Crippen molar-refractivity contribution in [1.82, 2.24) is 9.97 Å². The van der Waals surface area contributed by atoms with Crippen molar-refractivity contribution in [3.05, 3.63) is 10.4 Å². The van der Waals surface area contributed by atoms with E-state index in [4.69, 9.17) is 10.8 Å². The lowest BCUT2D eigenvalue weighted by Gasteiger charge is -2.15. The van der Waals surface area contributed by atoms with Crippen molar-refractivity contribution < 1.29 is 15.0 Å². The fourth-order valence-electron chi connectivity index (χ4n) is 2.40. The predicted octanol–water partition coefficient (Wildman–Crippen LogP) is -1.54. The SMILES string of the molecule is Nc1nc(N[C@@H]2C[C@H](CO)[C@@H](O)C2)c(NC=O)c(=O)[nH]1. The summed E-state index contributed by atoms with van der Waals surface area (Å²) < 4.78 is 0. The Morgan fingerprint density at radius 1 is 1.50 bits per heavy atom. The van der Waals surface area contributed by atoms with Gasteiger partial charge in [-0.15, -0.1) is 0 Å². The molecule has 0 unspecified atom stereocenters. The maximum absolute atomic E-state index is 11.7. The van der Waals surface area contributed by atoms with E-state index in [1.807, 2.05) is 0 Å². The Balaban J connectivity index is 2.21. The summed E-state index contributed by atoms with van der Waals surface area (Å²) in [6, 6.07) is -0.164. The molecule has 0 aliphatic heterocycles. The monoisotopic (exact) mass is 283 g/mol.